The van der Waals surface area contributed by atoms with E-state index in [1.807, 2.05) is 24.4 Å². The van der Waals surface area contributed by atoms with Crippen LogP contribution >= 0.6 is 35.3 Å². The largest absolute Gasteiger partial charge is 0.497 e. The first-order chi connectivity index (χ1) is 12.2. The van der Waals surface area contributed by atoms with E-state index in [1.165, 1.54) is 4.88 Å². The summed E-state index contributed by atoms with van der Waals surface area (Å²) in [6, 6.07) is 5.83. The number of benzene rings is 1. The Kier molecular flexibility index (Phi) is 10.3. The maximum atomic E-state index is 5.42. The molecule has 0 radical (unpaired) electrons. The molecule has 0 saturated carbocycles. The van der Waals surface area contributed by atoms with Gasteiger partial charge >= 0.3 is 0 Å². The molecule has 0 spiro atoms. The molecular formula is C18H27IN4O2S. The van der Waals surface area contributed by atoms with E-state index in [4.69, 9.17) is 9.47 Å². The number of aromatic nitrogens is 1. The molecule has 1 aromatic heterocycles. The number of guanidine groups is 1. The number of aryl methyl sites for hydroxylation is 1. The Morgan fingerprint density at radius 1 is 1.23 bits per heavy atom. The number of hydrogen-bond donors (Lipinski definition) is 2. The summed E-state index contributed by atoms with van der Waals surface area (Å²) in [4.78, 5) is 10.1. The Hall–Kier alpha value is -1.55. The van der Waals surface area contributed by atoms with E-state index < -0.39 is 0 Å². The number of halogens is 1. The second kappa shape index (κ2) is 11.9. The molecule has 2 rings (SSSR count). The van der Waals surface area contributed by atoms with Crippen LogP contribution < -0.4 is 20.1 Å². The molecule has 26 heavy (non-hydrogen) atoms. The number of nitrogens with one attached hydrogen (secondary N) is 2. The van der Waals surface area contributed by atoms with Crippen LogP contribution in [-0.4, -0.2) is 38.3 Å². The molecule has 0 unspecified atom stereocenters. The van der Waals surface area contributed by atoms with Crippen LogP contribution in [0.3, 0.4) is 0 Å². The lowest BCUT2D eigenvalue weighted by Crippen LogP contribution is -2.38. The van der Waals surface area contributed by atoms with Crippen LogP contribution in [0.25, 0.3) is 0 Å². The smallest absolute Gasteiger partial charge is 0.191 e. The van der Waals surface area contributed by atoms with Crippen molar-refractivity contribution in [3.8, 4) is 11.5 Å². The van der Waals surface area contributed by atoms with Gasteiger partial charge < -0.3 is 20.1 Å². The molecule has 0 amide bonds. The molecule has 0 aliphatic heterocycles. The molecule has 0 bridgehead atoms. The highest BCUT2D eigenvalue weighted by Gasteiger charge is 2.06. The zero-order chi connectivity index (χ0) is 18.1. The molecule has 1 heterocycles. The first-order valence-corrected chi connectivity index (χ1v) is 9.12. The SMILES string of the molecule is CCNC(=NCc1ncc(C)s1)NCCc1cc(OC)ccc1OC.I. The van der Waals surface area contributed by atoms with Gasteiger partial charge in [0.05, 0.1) is 20.8 Å². The van der Waals surface area contributed by atoms with Gasteiger partial charge in [-0.1, -0.05) is 0 Å². The van der Waals surface area contributed by atoms with Gasteiger partial charge in [-0.2, -0.15) is 0 Å². The Morgan fingerprint density at radius 3 is 2.65 bits per heavy atom. The molecule has 0 saturated heterocycles. The van der Waals surface area contributed by atoms with Crippen molar-refractivity contribution >= 4 is 41.3 Å². The third-order valence-corrected chi connectivity index (χ3v) is 4.46. The van der Waals surface area contributed by atoms with Crippen molar-refractivity contribution in [2.75, 3.05) is 27.3 Å². The highest BCUT2D eigenvalue weighted by molar-refractivity contribution is 14.0. The Bertz CT molecular complexity index is 706. The summed E-state index contributed by atoms with van der Waals surface area (Å²) < 4.78 is 10.7. The maximum Gasteiger partial charge on any atom is 0.191 e. The first kappa shape index (κ1) is 22.5. The highest BCUT2D eigenvalue weighted by atomic mass is 127. The van der Waals surface area contributed by atoms with Crippen LogP contribution in [-0.2, 0) is 13.0 Å². The van der Waals surface area contributed by atoms with E-state index >= 15 is 0 Å². The van der Waals surface area contributed by atoms with Crippen molar-refractivity contribution in [3.05, 3.63) is 39.8 Å². The fourth-order valence-corrected chi connectivity index (χ4v) is 3.07. The molecule has 0 atom stereocenters. The average Bonchev–Trinajstić information content (AvgIpc) is 3.04. The molecule has 0 aliphatic carbocycles. The number of thiazole rings is 1. The van der Waals surface area contributed by atoms with Gasteiger partial charge in [0.25, 0.3) is 0 Å². The molecule has 8 heteroatoms. The van der Waals surface area contributed by atoms with Crippen LogP contribution in [0.15, 0.2) is 29.4 Å². The number of aliphatic imine (C=N–C) groups is 1. The lowest BCUT2D eigenvalue weighted by Gasteiger charge is -2.13. The van der Waals surface area contributed by atoms with Gasteiger partial charge in [-0.05, 0) is 44.0 Å². The van der Waals surface area contributed by atoms with Crippen LogP contribution in [0, 0.1) is 6.92 Å². The predicted octanol–water partition coefficient (Wildman–Crippen LogP) is 3.38. The molecule has 2 aromatic rings. The van der Waals surface area contributed by atoms with E-state index in [9.17, 15) is 0 Å². The quantitative estimate of drug-likeness (QED) is 0.338. The van der Waals surface area contributed by atoms with Crippen molar-refractivity contribution < 1.29 is 9.47 Å². The lowest BCUT2D eigenvalue weighted by molar-refractivity contribution is 0.398. The summed E-state index contributed by atoms with van der Waals surface area (Å²) in [7, 11) is 3.35. The van der Waals surface area contributed by atoms with E-state index in [1.54, 1.807) is 25.6 Å². The number of hydrogen-bond acceptors (Lipinski definition) is 5. The Morgan fingerprint density at radius 2 is 2.04 bits per heavy atom. The summed E-state index contributed by atoms with van der Waals surface area (Å²) in [6.07, 6.45) is 2.69. The van der Waals surface area contributed by atoms with Crippen molar-refractivity contribution in [2.45, 2.75) is 26.8 Å². The van der Waals surface area contributed by atoms with Crippen molar-refractivity contribution in [3.63, 3.8) is 0 Å². The van der Waals surface area contributed by atoms with Gasteiger partial charge in [0, 0.05) is 24.2 Å². The zero-order valence-electron chi connectivity index (χ0n) is 15.7. The normalized spacial score (nSPS) is 10.8. The van der Waals surface area contributed by atoms with E-state index in [0.717, 1.165) is 47.5 Å². The monoisotopic (exact) mass is 490 g/mol. The van der Waals surface area contributed by atoms with Crippen LogP contribution in [0.5, 0.6) is 11.5 Å². The van der Waals surface area contributed by atoms with Gasteiger partial charge in [0.15, 0.2) is 5.96 Å². The van der Waals surface area contributed by atoms with Crippen LogP contribution in [0.1, 0.15) is 22.4 Å². The second-order valence-corrected chi connectivity index (χ2v) is 6.73. The minimum atomic E-state index is 0. The van der Waals surface area contributed by atoms with E-state index in [-0.39, 0.29) is 24.0 Å². The van der Waals surface area contributed by atoms with E-state index in [0.29, 0.717) is 6.54 Å². The third kappa shape index (κ3) is 6.99. The minimum Gasteiger partial charge on any atom is -0.497 e. The van der Waals surface area contributed by atoms with Crippen molar-refractivity contribution in [1.29, 1.82) is 0 Å². The van der Waals surface area contributed by atoms with Crippen LogP contribution in [0.2, 0.25) is 0 Å². The van der Waals surface area contributed by atoms with Gasteiger partial charge in [-0.15, -0.1) is 35.3 Å². The van der Waals surface area contributed by atoms with Gasteiger partial charge in [-0.3, -0.25) is 0 Å². The van der Waals surface area contributed by atoms with Crippen molar-refractivity contribution in [2.24, 2.45) is 4.99 Å². The summed E-state index contributed by atoms with van der Waals surface area (Å²) >= 11 is 1.67. The van der Waals surface area contributed by atoms with Crippen molar-refractivity contribution in [1.82, 2.24) is 15.6 Å². The number of ether oxygens (including phenoxy) is 2. The number of nitrogens with zero attached hydrogens (tertiary/aromatic N) is 2. The van der Waals surface area contributed by atoms with Gasteiger partial charge in [0.2, 0.25) is 0 Å². The molecule has 0 aliphatic rings. The van der Waals surface area contributed by atoms with Gasteiger partial charge in [0.1, 0.15) is 16.5 Å². The zero-order valence-corrected chi connectivity index (χ0v) is 18.8. The molecule has 6 nitrogen and oxygen atoms in total. The predicted molar refractivity (Wildman–Crippen MR) is 118 cm³/mol. The fourth-order valence-electron chi connectivity index (χ4n) is 2.36. The maximum absolute atomic E-state index is 5.42. The minimum absolute atomic E-state index is 0. The summed E-state index contributed by atoms with van der Waals surface area (Å²) in [5.41, 5.74) is 1.10. The molecule has 0 fully saturated rings. The topological polar surface area (TPSA) is 67.8 Å². The second-order valence-electron chi connectivity index (χ2n) is 5.41. The third-order valence-electron chi connectivity index (χ3n) is 3.56. The Labute approximate surface area is 176 Å². The van der Waals surface area contributed by atoms with E-state index in [2.05, 4.69) is 34.5 Å². The fraction of sp³-hybridized carbons (Fsp3) is 0.444. The number of rotatable bonds is 8. The average molecular weight is 490 g/mol. The highest BCUT2D eigenvalue weighted by Crippen LogP contribution is 2.24. The molecule has 144 valence electrons. The number of methoxy groups -OCH3 is 2. The summed E-state index contributed by atoms with van der Waals surface area (Å²) in [6.45, 7) is 6.24. The van der Waals surface area contributed by atoms with Gasteiger partial charge in [-0.25, -0.2) is 9.98 Å². The summed E-state index contributed by atoms with van der Waals surface area (Å²) in [5.74, 6) is 2.48. The lowest BCUT2D eigenvalue weighted by atomic mass is 10.1. The summed E-state index contributed by atoms with van der Waals surface area (Å²) in [5, 5.41) is 7.63. The molecular weight excluding hydrogens is 463 g/mol. The molecule has 1 aromatic carbocycles. The van der Waals surface area contributed by atoms with Crippen LogP contribution in [0.4, 0.5) is 0 Å². The molecule has 2 N–H and O–H groups in total. The standard InChI is InChI=1S/C18H26N4O2S.HI/c1-5-19-18(22-12-17-21-11-13(2)25-17)20-9-8-14-10-15(23-3)6-7-16(14)24-4;/h6-7,10-11H,5,8-9,12H2,1-4H3,(H2,19,20,22);1H. The Balaban J connectivity index is 0.00000338. The first-order valence-electron chi connectivity index (χ1n) is 8.30.